The molecule has 0 spiro atoms. The fourth-order valence-corrected chi connectivity index (χ4v) is 1.56. The van der Waals surface area contributed by atoms with E-state index in [4.69, 9.17) is 14.3 Å². The monoisotopic (exact) mass is 251 g/mol. The average molecular weight is 251 g/mol. The zero-order chi connectivity index (χ0) is 12.3. The second kappa shape index (κ2) is 4.92. The van der Waals surface area contributed by atoms with Gasteiger partial charge in [0, 0.05) is 4.90 Å². The Hall–Kier alpha value is -1.95. The van der Waals surface area contributed by atoms with Crippen LogP contribution in [0.1, 0.15) is 10.5 Å². The maximum atomic E-state index is 10.6. The first-order valence-electron chi connectivity index (χ1n) is 4.70. The van der Waals surface area contributed by atoms with Gasteiger partial charge < -0.3 is 14.3 Å². The Bertz CT molecular complexity index is 521. The first-order chi connectivity index (χ1) is 8.19. The molecule has 0 aliphatic rings. The molecule has 2 rings (SSSR count). The Morgan fingerprint density at radius 2 is 2.12 bits per heavy atom. The van der Waals surface area contributed by atoms with Crippen molar-refractivity contribution in [1.29, 1.82) is 0 Å². The van der Waals surface area contributed by atoms with Crippen LogP contribution in [-0.4, -0.2) is 22.3 Å². The van der Waals surface area contributed by atoms with E-state index in [9.17, 15) is 4.79 Å². The summed E-state index contributed by atoms with van der Waals surface area (Å²) in [4.78, 5) is 15.3. The molecule has 1 aromatic heterocycles. The number of hydrogen-bond donors (Lipinski definition) is 1. The molecule has 0 amide bonds. The molecular formula is C11H9NO4S. The topological polar surface area (TPSA) is 72.6 Å². The summed E-state index contributed by atoms with van der Waals surface area (Å²) in [5.41, 5.74) is -0.180. The van der Waals surface area contributed by atoms with Crippen molar-refractivity contribution in [1.82, 2.24) is 4.98 Å². The van der Waals surface area contributed by atoms with Crippen LogP contribution in [0.15, 0.2) is 39.8 Å². The number of rotatable bonds is 4. The summed E-state index contributed by atoms with van der Waals surface area (Å²) in [5, 5.41) is 8.65. The van der Waals surface area contributed by atoms with Crippen molar-refractivity contribution in [2.75, 3.05) is 6.26 Å². The van der Waals surface area contributed by atoms with Crippen LogP contribution < -0.4 is 4.74 Å². The normalized spacial score (nSPS) is 10.2. The lowest BCUT2D eigenvalue weighted by molar-refractivity contribution is 0.0690. The first-order valence-corrected chi connectivity index (χ1v) is 5.92. The Morgan fingerprint density at radius 3 is 2.65 bits per heavy atom. The standard InChI is InChI=1S/C11H9NO4S/c1-17-8-4-2-7(3-5-8)16-11-12-9(6-15-11)10(13)14/h2-6H,1H3,(H,13,14). The van der Waals surface area contributed by atoms with Crippen molar-refractivity contribution in [2.45, 2.75) is 4.90 Å². The van der Waals surface area contributed by atoms with Crippen LogP contribution in [0.4, 0.5) is 0 Å². The number of nitrogens with zero attached hydrogens (tertiary/aromatic N) is 1. The third-order valence-corrected chi connectivity index (χ3v) is 2.71. The van der Waals surface area contributed by atoms with Gasteiger partial charge in [-0.25, -0.2) is 4.79 Å². The number of carboxylic acid groups (broad SMARTS) is 1. The van der Waals surface area contributed by atoms with Crippen LogP contribution in [0.3, 0.4) is 0 Å². The van der Waals surface area contributed by atoms with Gasteiger partial charge in [0.1, 0.15) is 12.0 Å². The first kappa shape index (κ1) is 11.5. The number of ether oxygens (including phenoxy) is 1. The second-order valence-electron chi connectivity index (χ2n) is 3.08. The van der Waals surface area contributed by atoms with Gasteiger partial charge in [0.15, 0.2) is 5.69 Å². The fraction of sp³-hybridized carbons (Fsp3) is 0.0909. The smallest absolute Gasteiger partial charge is 0.399 e. The quantitative estimate of drug-likeness (QED) is 0.842. The van der Waals surface area contributed by atoms with Crippen molar-refractivity contribution in [3.8, 4) is 11.8 Å². The molecule has 1 heterocycles. The lowest BCUT2D eigenvalue weighted by Crippen LogP contribution is -1.95. The molecule has 0 unspecified atom stereocenters. The average Bonchev–Trinajstić information content (AvgIpc) is 2.79. The molecule has 6 heteroatoms. The van der Waals surface area contributed by atoms with Gasteiger partial charge in [-0.05, 0) is 30.5 Å². The van der Waals surface area contributed by atoms with Crippen LogP contribution >= 0.6 is 11.8 Å². The summed E-state index contributed by atoms with van der Waals surface area (Å²) in [5.74, 6) is -0.608. The van der Waals surface area contributed by atoms with E-state index in [1.807, 2.05) is 18.4 Å². The number of thioether (sulfide) groups is 1. The number of carboxylic acids is 1. The van der Waals surface area contributed by atoms with Crippen molar-refractivity contribution in [3.05, 3.63) is 36.2 Å². The minimum Gasteiger partial charge on any atom is -0.476 e. The van der Waals surface area contributed by atoms with Gasteiger partial charge in [0.25, 0.3) is 0 Å². The molecule has 1 aromatic carbocycles. The molecule has 0 aliphatic carbocycles. The SMILES string of the molecule is CSc1ccc(Oc2nc(C(=O)O)co2)cc1. The molecule has 88 valence electrons. The van der Waals surface area contributed by atoms with Crippen LogP contribution in [0.5, 0.6) is 11.8 Å². The highest BCUT2D eigenvalue weighted by Gasteiger charge is 2.11. The summed E-state index contributed by atoms with van der Waals surface area (Å²) in [6.07, 6.45) is 2.93. The highest BCUT2D eigenvalue weighted by Crippen LogP contribution is 2.23. The number of oxazole rings is 1. The second-order valence-corrected chi connectivity index (χ2v) is 3.96. The number of aromatic nitrogens is 1. The zero-order valence-corrected chi connectivity index (χ0v) is 9.73. The van der Waals surface area contributed by atoms with Gasteiger partial charge in [0.2, 0.25) is 0 Å². The molecule has 0 fully saturated rings. The molecule has 0 saturated heterocycles. The Labute approximate surface area is 101 Å². The molecular weight excluding hydrogens is 242 g/mol. The largest absolute Gasteiger partial charge is 0.476 e. The van der Waals surface area contributed by atoms with E-state index in [0.29, 0.717) is 5.75 Å². The Balaban J connectivity index is 2.11. The molecule has 17 heavy (non-hydrogen) atoms. The van der Waals surface area contributed by atoms with Crippen LogP contribution in [-0.2, 0) is 0 Å². The highest BCUT2D eigenvalue weighted by molar-refractivity contribution is 7.98. The van der Waals surface area contributed by atoms with E-state index < -0.39 is 5.97 Å². The van der Waals surface area contributed by atoms with Gasteiger partial charge in [0.05, 0.1) is 0 Å². The Morgan fingerprint density at radius 1 is 1.41 bits per heavy atom. The van der Waals surface area contributed by atoms with Crippen LogP contribution in [0.2, 0.25) is 0 Å². The van der Waals surface area contributed by atoms with Gasteiger partial charge in [-0.3, -0.25) is 0 Å². The van der Waals surface area contributed by atoms with Gasteiger partial charge in [-0.15, -0.1) is 11.8 Å². The summed E-state index contributed by atoms with van der Waals surface area (Å²) in [6.45, 7) is 0. The van der Waals surface area contributed by atoms with E-state index in [-0.39, 0.29) is 11.8 Å². The highest BCUT2D eigenvalue weighted by atomic mass is 32.2. The maximum Gasteiger partial charge on any atom is 0.399 e. The summed E-state index contributed by atoms with van der Waals surface area (Å²) >= 11 is 1.62. The van der Waals surface area contributed by atoms with Crippen LogP contribution in [0, 0.1) is 0 Å². The third-order valence-electron chi connectivity index (χ3n) is 1.97. The molecule has 0 atom stereocenters. The summed E-state index contributed by atoms with van der Waals surface area (Å²) in [7, 11) is 0. The predicted octanol–water partition coefficient (Wildman–Crippen LogP) is 2.89. The van der Waals surface area contributed by atoms with E-state index in [1.165, 1.54) is 0 Å². The molecule has 5 nitrogen and oxygen atoms in total. The van der Waals surface area contributed by atoms with E-state index >= 15 is 0 Å². The van der Waals surface area contributed by atoms with Gasteiger partial charge in [-0.2, -0.15) is 4.98 Å². The number of hydrogen-bond acceptors (Lipinski definition) is 5. The minimum atomic E-state index is -1.15. The molecule has 0 aliphatic heterocycles. The number of aromatic carboxylic acids is 1. The predicted molar refractivity (Wildman–Crippen MR) is 61.8 cm³/mol. The fourth-order valence-electron chi connectivity index (χ4n) is 1.15. The van der Waals surface area contributed by atoms with E-state index in [1.54, 1.807) is 23.9 Å². The Kier molecular flexibility index (Phi) is 3.34. The van der Waals surface area contributed by atoms with Crippen LogP contribution in [0.25, 0.3) is 0 Å². The van der Waals surface area contributed by atoms with Crippen molar-refractivity contribution in [2.24, 2.45) is 0 Å². The third kappa shape index (κ3) is 2.79. The molecule has 2 aromatic rings. The van der Waals surface area contributed by atoms with E-state index in [0.717, 1.165) is 11.2 Å². The van der Waals surface area contributed by atoms with Crippen molar-refractivity contribution in [3.63, 3.8) is 0 Å². The molecule has 0 saturated carbocycles. The van der Waals surface area contributed by atoms with Crippen molar-refractivity contribution >= 4 is 17.7 Å². The number of benzene rings is 1. The molecule has 0 radical (unpaired) electrons. The lowest BCUT2D eigenvalue weighted by atomic mass is 10.3. The molecule has 1 N–H and O–H groups in total. The minimum absolute atomic E-state index is 0.0840. The van der Waals surface area contributed by atoms with Crippen molar-refractivity contribution < 1.29 is 19.1 Å². The maximum absolute atomic E-state index is 10.6. The molecule has 0 bridgehead atoms. The van der Waals surface area contributed by atoms with Gasteiger partial charge in [-0.1, -0.05) is 0 Å². The summed E-state index contributed by atoms with van der Waals surface area (Å²) in [6, 6.07) is 7.30. The zero-order valence-electron chi connectivity index (χ0n) is 8.91. The summed E-state index contributed by atoms with van der Waals surface area (Å²) < 4.78 is 10.1. The lowest BCUT2D eigenvalue weighted by Gasteiger charge is -2.00. The number of carbonyl (C=O) groups is 1. The van der Waals surface area contributed by atoms with E-state index in [2.05, 4.69) is 4.98 Å². The van der Waals surface area contributed by atoms with Gasteiger partial charge >= 0.3 is 12.0 Å².